The van der Waals surface area contributed by atoms with Crippen molar-refractivity contribution >= 4 is 27.2 Å². The molecule has 0 radical (unpaired) electrons. The Bertz CT molecular complexity index is 1400. The van der Waals surface area contributed by atoms with E-state index in [1.54, 1.807) is 0 Å². The van der Waals surface area contributed by atoms with E-state index in [0.717, 1.165) is 31.6 Å². The van der Waals surface area contributed by atoms with E-state index in [1.807, 2.05) is 0 Å². The zero-order valence-electron chi connectivity index (χ0n) is 17.7. The van der Waals surface area contributed by atoms with Crippen LogP contribution in [0.4, 0.5) is 18.9 Å². The SMILES string of the molecule is COC(=O)C(N)=CC(=Nc1ccccc1C(F)(F)F)c1nnc(-c2cccc(S(C)(=O)=O)c2)o1. The lowest BCUT2D eigenvalue weighted by atomic mass is 10.1. The molecule has 0 atom stereocenters. The summed E-state index contributed by atoms with van der Waals surface area (Å²) in [4.78, 5) is 15.7. The van der Waals surface area contributed by atoms with E-state index in [1.165, 1.54) is 36.4 Å². The van der Waals surface area contributed by atoms with Gasteiger partial charge in [-0.15, -0.1) is 10.2 Å². The number of allylic oxidation sites excluding steroid dienone is 1. The molecule has 1 heterocycles. The number of carbonyl (C=O) groups is 1. The lowest BCUT2D eigenvalue weighted by Gasteiger charge is -2.09. The predicted octanol–water partition coefficient (Wildman–Crippen LogP) is 3.30. The highest BCUT2D eigenvalue weighted by Crippen LogP contribution is 2.36. The summed E-state index contributed by atoms with van der Waals surface area (Å²) in [7, 11) is -2.46. The zero-order chi connectivity index (χ0) is 25.1. The molecule has 0 bridgehead atoms. The van der Waals surface area contributed by atoms with Crippen LogP contribution in [0.2, 0.25) is 0 Å². The van der Waals surface area contributed by atoms with Crippen LogP contribution in [0.3, 0.4) is 0 Å². The first-order chi connectivity index (χ1) is 15.9. The zero-order valence-corrected chi connectivity index (χ0v) is 18.5. The van der Waals surface area contributed by atoms with E-state index in [4.69, 9.17) is 10.2 Å². The Morgan fingerprint density at radius 1 is 1.15 bits per heavy atom. The number of rotatable bonds is 6. The first-order valence-corrected chi connectivity index (χ1v) is 11.2. The molecule has 1 aromatic heterocycles. The van der Waals surface area contributed by atoms with Gasteiger partial charge in [0.1, 0.15) is 11.4 Å². The third-order valence-electron chi connectivity index (χ3n) is 4.32. The second-order valence-electron chi connectivity index (χ2n) is 6.82. The Labute approximate surface area is 191 Å². The Morgan fingerprint density at radius 3 is 2.50 bits per heavy atom. The number of para-hydroxylation sites is 1. The molecule has 3 aromatic rings. The number of esters is 1. The third kappa shape index (κ3) is 5.67. The molecule has 2 aromatic carbocycles. The summed E-state index contributed by atoms with van der Waals surface area (Å²) in [5, 5.41) is 7.60. The standard InChI is InChI=1S/C21H17F3N4O5S/c1-32-20(29)15(25)11-17(26-16-9-4-3-8-14(16)21(22,23)24)19-28-27-18(33-19)12-6-5-7-13(10-12)34(2,30)31/h3-11H,25H2,1-2H3. The van der Waals surface area contributed by atoms with Crippen LogP contribution >= 0.6 is 0 Å². The van der Waals surface area contributed by atoms with Crippen LogP contribution in [0.15, 0.2) is 74.6 Å². The Hall–Kier alpha value is -4.00. The van der Waals surface area contributed by atoms with Gasteiger partial charge in [0.2, 0.25) is 5.89 Å². The van der Waals surface area contributed by atoms with Crippen molar-refractivity contribution in [2.24, 2.45) is 10.7 Å². The van der Waals surface area contributed by atoms with E-state index in [9.17, 15) is 26.4 Å². The molecule has 0 aliphatic rings. The molecule has 3 rings (SSSR count). The second kappa shape index (κ2) is 9.47. The summed E-state index contributed by atoms with van der Waals surface area (Å²) in [6.45, 7) is 0. The molecule has 0 spiro atoms. The van der Waals surface area contributed by atoms with E-state index in [2.05, 4.69) is 19.9 Å². The fraction of sp³-hybridized carbons (Fsp3) is 0.143. The number of ether oxygens (including phenoxy) is 1. The maximum absolute atomic E-state index is 13.4. The minimum Gasteiger partial charge on any atom is -0.464 e. The normalized spacial score (nSPS) is 13.1. The van der Waals surface area contributed by atoms with Gasteiger partial charge in [-0.1, -0.05) is 18.2 Å². The van der Waals surface area contributed by atoms with Crippen LogP contribution in [0.1, 0.15) is 11.5 Å². The minimum atomic E-state index is -4.71. The predicted molar refractivity (Wildman–Crippen MR) is 115 cm³/mol. The second-order valence-corrected chi connectivity index (χ2v) is 8.83. The van der Waals surface area contributed by atoms with E-state index < -0.39 is 38.9 Å². The minimum absolute atomic E-state index is 0.00687. The van der Waals surface area contributed by atoms with Gasteiger partial charge in [-0.2, -0.15) is 13.2 Å². The van der Waals surface area contributed by atoms with Crippen molar-refractivity contribution in [3.8, 4) is 11.5 Å². The van der Waals surface area contributed by atoms with Gasteiger partial charge in [0.15, 0.2) is 9.84 Å². The highest BCUT2D eigenvalue weighted by Gasteiger charge is 2.33. The third-order valence-corrected chi connectivity index (χ3v) is 5.43. The molecular formula is C21H17F3N4O5S. The number of benzene rings is 2. The van der Waals surface area contributed by atoms with Gasteiger partial charge in [0.25, 0.3) is 5.89 Å². The van der Waals surface area contributed by atoms with Crippen molar-refractivity contribution in [1.82, 2.24) is 10.2 Å². The van der Waals surface area contributed by atoms with Crippen molar-refractivity contribution in [1.29, 1.82) is 0 Å². The number of hydrogen-bond donors (Lipinski definition) is 1. The van der Waals surface area contributed by atoms with E-state index >= 15 is 0 Å². The maximum atomic E-state index is 13.4. The summed E-state index contributed by atoms with van der Waals surface area (Å²) in [5.74, 6) is -1.47. The lowest BCUT2D eigenvalue weighted by Crippen LogP contribution is -2.15. The Morgan fingerprint density at radius 2 is 1.85 bits per heavy atom. The molecule has 178 valence electrons. The molecule has 0 saturated carbocycles. The van der Waals surface area contributed by atoms with E-state index in [0.29, 0.717) is 0 Å². The first kappa shape index (κ1) is 24.6. The summed E-state index contributed by atoms with van der Waals surface area (Å²) < 4.78 is 73.9. The van der Waals surface area contributed by atoms with Crippen LogP contribution in [-0.2, 0) is 25.5 Å². The van der Waals surface area contributed by atoms with Gasteiger partial charge >= 0.3 is 12.1 Å². The van der Waals surface area contributed by atoms with Gasteiger partial charge in [0.05, 0.1) is 23.3 Å². The fourth-order valence-electron chi connectivity index (χ4n) is 2.71. The summed E-state index contributed by atoms with van der Waals surface area (Å²) in [5.41, 5.74) is 3.53. The number of alkyl halides is 3. The van der Waals surface area contributed by atoms with Crippen LogP contribution in [0.25, 0.3) is 11.5 Å². The van der Waals surface area contributed by atoms with Crippen molar-refractivity contribution in [3.63, 3.8) is 0 Å². The van der Waals surface area contributed by atoms with Gasteiger partial charge in [-0.05, 0) is 36.4 Å². The number of nitrogens with two attached hydrogens (primary N) is 1. The molecule has 9 nitrogen and oxygen atoms in total. The van der Waals surface area contributed by atoms with E-state index in [-0.39, 0.29) is 28.0 Å². The molecule has 2 N–H and O–H groups in total. The van der Waals surface area contributed by atoms with Gasteiger partial charge < -0.3 is 14.9 Å². The number of aromatic nitrogens is 2. The van der Waals surface area contributed by atoms with Crippen LogP contribution in [0, 0.1) is 0 Å². The number of nitrogens with zero attached hydrogens (tertiary/aromatic N) is 3. The van der Waals surface area contributed by atoms with Gasteiger partial charge in [-0.25, -0.2) is 18.2 Å². The number of halogens is 3. The highest BCUT2D eigenvalue weighted by molar-refractivity contribution is 7.90. The van der Waals surface area contributed by atoms with Gasteiger partial charge in [-0.3, -0.25) is 0 Å². The Kier molecular flexibility index (Phi) is 6.86. The monoisotopic (exact) mass is 494 g/mol. The van der Waals surface area contributed by atoms with Crippen molar-refractivity contribution in [2.75, 3.05) is 13.4 Å². The smallest absolute Gasteiger partial charge is 0.418 e. The average Bonchev–Trinajstić information content (AvgIpc) is 3.27. The molecule has 34 heavy (non-hydrogen) atoms. The van der Waals surface area contributed by atoms with Crippen molar-refractivity contribution < 1.29 is 35.5 Å². The quantitative estimate of drug-likeness (QED) is 0.313. The Balaban J connectivity index is 2.15. The average molecular weight is 494 g/mol. The summed E-state index contributed by atoms with van der Waals surface area (Å²) in [6.07, 6.45) is -2.76. The van der Waals surface area contributed by atoms with Crippen molar-refractivity contribution in [2.45, 2.75) is 11.1 Å². The maximum Gasteiger partial charge on any atom is 0.418 e. The molecule has 0 unspecified atom stereocenters. The highest BCUT2D eigenvalue weighted by atomic mass is 32.2. The number of sulfone groups is 1. The fourth-order valence-corrected chi connectivity index (χ4v) is 3.38. The lowest BCUT2D eigenvalue weighted by molar-refractivity contribution is -0.137. The number of methoxy groups -OCH3 is 1. The largest absolute Gasteiger partial charge is 0.464 e. The topological polar surface area (TPSA) is 138 Å². The van der Waals surface area contributed by atoms with Crippen LogP contribution < -0.4 is 5.73 Å². The molecule has 0 aliphatic carbocycles. The number of hydrogen-bond acceptors (Lipinski definition) is 9. The summed E-state index contributed by atoms with van der Waals surface area (Å²) >= 11 is 0. The number of carbonyl (C=O) groups excluding carboxylic acids is 1. The summed E-state index contributed by atoms with van der Waals surface area (Å²) in [6, 6.07) is 10.1. The number of aliphatic imine (C=N–C) groups is 1. The molecule has 0 aliphatic heterocycles. The molecule has 0 fully saturated rings. The molecular weight excluding hydrogens is 477 g/mol. The molecule has 0 saturated heterocycles. The van der Waals surface area contributed by atoms with Crippen LogP contribution in [0.5, 0.6) is 0 Å². The van der Waals surface area contributed by atoms with Gasteiger partial charge in [0, 0.05) is 11.8 Å². The van der Waals surface area contributed by atoms with Crippen LogP contribution in [-0.4, -0.2) is 43.7 Å². The van der Waals surface area contributed by atoms with Crippen molar-refractivity contribution in [3.05, 3.63) is 71.8 Å². The first-order valence-electron chi connectivity index (χ1n) is 9.35. The molecule has 0 amide bonds. The molecule has 13 heteroatoms.